The SMILES string of the molecule is COc1ccccc1/C=C\c1nn2c(Cn3cnc4ccccc43)nnc2s1. The highest BCUT2D eigenvalue weighted by molar-refractivity contribution is 7.17. The fraction of sp³-hybridized carbons (Fsp3) is 0.100. The van der Waals surface area contributed by atoms with Crippen molar-refractivity contribution in [2.75, 3.05) is 7.11 Å². The first-order chi connectivity index (χ1) is 13.8. The van der Waals surface area contributed by atoms with E-state index in [0.29, 0.717) is 6.54 Å². The molecule has 7 nitrogen and oxygen atoms in total. The molecule has 0 N–H and O–H groups in total. The Balaban J connectivity index is 1.45. The molecule has 0 saturated heterocycles. The Hall–Kier alpha value is -3.52. The molecule has 0 aliphatic rings. The van der Waals surface area contributed by atoms with Crippen molar-refractivity contribution < 1.29 is 4.74 Å². The van der Waals surface area contributed by atoms with Gasteiger partial charge in [-0.25, -0.2) is 4.98 Å². The third-order valence-electron chi connectivity index (χ3n) is 4.45. The van der Waals surface area contributed by atoms with Crippen LogP contribution in [0.4, 0.5) is 0 Å². The normalized spacial score (nSPS) is 11.8. The average Bonchev–Trinajstić information content (AvgIpc) is 3.43. The van der Waals surface area contributed by atoms with Gasteiger partial charge < -0.3 is 9.30 Å². The van der Waals surface area contributed by atoms with E-state index < -0.39 is 0 Å². The lowest BCUT2D eigenvalue weighted by Gasteiger charge is -2.02. The maximum Gasteiger partial charge on any atom is 0.235 e. The van der Waals surface area contributed by atoms with Gasteiger partial charge >= 0.3 is 0 Å². The minimum absolute atomic E-state index is 0.557. The number of aromatic nitrogens is 6. The number of para-hydroxylation sites is 3. The van der Waals surface area contributed by atoms with Crippen molar-refractivity contribution in [1.29, 1.82) is 0 Å². The van der Waals surface area contributed by atoms with Crippen LogP contribution in [0.2, 0.25) is 0 Å². The van der Waals surface area contributed by atoms with E-state index in [2.05, 4.69) is 24.8 Å². The van der Waals surface area contributed by atoms with E-state index in [0.717, 1.165) is 38.1 Å². The Labute approximate surface area is 164 Å². The predicted molar refractivity (Wildman–Crippen MR) is 109 cm³/mol. The third-order valence-corrected chi connectivity index (χ3v) is 5.32. The molecule has 138 valence electrons. The number of fused-ring (bicyclic) bond motifs is 2. The molecule has 5 aromatic rings. The van der Waals surface area contributed by atoms with Crippen molar-refractivity contribution in [3.8, 4) is 5.75 Å². The number of benzene rings is 2. The molecule has 0 atom stereocenters. The average molecular weight is 388 g/mol. The molecule has 0 amide bonds. The maximum atomic E-state index is 5.39. The molecular weight excluding hydrogens is 372 g/mol. The Morgan fingerprint density at radius 1 is 1.04 bits per heavy atom. The number of imidazole rings is 1. The lowest BCUT2D eigenvalue weighted by atomic mass is 10.2. The van der Waals surface area contributed by atoms with Crippen molar-refractivity contribution in [3.05, 3.63) is 71.3 Å². The van der Waals surface area contributed by atoms with Crippen LogP contribution in [-0.2, 0) is 6.54 Å². The summed E-state index contributed by atoms with van der Waals surface area (Å²) in [4.78, 5) is 5.19. The van der Waals surface area contributed by atoms with Crippen LogP contribution in [0.3, 0.4) is 0 Å². The van der Waals surface area contributed by atoms with E-state index in [1.807, 2.05) is 67.0 Å². The van der Waals surface area contributed by atoms with E-state index in [1.165, 1.54) is 11.3 Å². The van der Waals surface area contributed by atoms with Crippen molar-refractivity contribution >= 4 is 39.5 Å². The van der Waals surface area contributed by atoms with Crippen molar-refractivity contribution in [1.82, 2.24) is 29.4 Å². The first kappa shape index (κ1) is 16.6. The third kappa shape index (κ3) is 2.93. The van der Waals surface area contributed by atoms with Crippen LogP contribution in [-0.4, -0.2) is 36.5 Å². The fourth-order valence-electron chi connectivity index (χ4n) is 3.09. The summed E-state index contributed by atoms with van der Waals surface area (Å²) < 4.78 is 9.23. The number of hydrogen-bond donors (Lipinski definition) is 0. The molecule has 0 aliphatic carbocycles. The van der Waals surface area contributed by atoms with E-state index in [9.17, 15) is 0 Å². The highest BCUT2D eigenvalue weighted by Gasteiger charge is 2.12. The largest absolute Gasteiger partial charge is 0.496 e. The van der Waals surface area contributed by atoms with E-state index >= 15 is 0 Å². The van der Waals surface area contributed by atoms with Crippen molar-refractivity contribution in [2.45, 2.75) is 6.54 Å². The quantitative estimate of drug-likeness (QED) is 0.458. The topological polar surface area (TPSA) is 70.1 Å². The van der Waals surface area contributed by atoms with Crippen molar-refractivity contribution in [3.63, 3.8) is 0 Å². The number of methoxy groups -OCH3 is 1. The number of hydrogen-bond acceptors (Lipinski definition) is 6. The van der Waals surface area contributed by atoms with Crippen LogP contribution in [0.15, 0.2) is 54.9 Å². The van der Waals surface area contributed by atoms with Crippen LogP contribution >= 0.6 is 11.3 Å². The molecule has 8 heteroatoms. The smallest absolute Gasteiger partial charge is 0.235 e. The zero-order chi connectivity index (χ0) is 18.9. The van der Waals surface area contributed by atoms with Gasteiger partial charge in [-0.05, 0) is 30.4 Å². The van der Waals surface area contributed by atoms with Gasteiger partial charge in [0.15, 0.2) is 5.82 Å². The summed E-state index contributed by atoms with van der Waals surface area (Å²) in [5.41, 5.74) is 3.02. The summed E-state index contributed by atoms with van der Waals surface area (Å²) in [7, 11) is 1.67. The molecule has 0 bridgehead atoms. The van der Waals surface area contributed by atoms with Gasteiger partial charge in [0.05, 0.1) is 31.0 Å². The highest BCUT2D eigenvalue weighted by Crippen LogP contribution is 2.22. The maximum absolute atomic E-state index is 5.39. The molecule has 0 radical (unpaired) electrons. The first-order valence-corrected chi connectivity index (χ1v) is 9.55. The van der Waals surface area contributed by atoms with Crippen LogP contribution < -0.4 is 4.74 Å². The van der Waals surface area contributed by atoms with Gasteiger partial charge in [0.25, 0.3) is 0 Å². The van der Waals surface area contributed by atoms with Gasteiger partial charge in [0.2, 0.25) is 4.96 Å². The monoisotopic (exact) mass is 388 g/mol. The minimum Gasteiger partial charge on any atom is -0.496 e. The highest BCUT2D eigenvalue weighted by atomic mass is 32.1. The molecule has 3 heterocycles. The Kier molecular flexibility index (Phi) is 4.10. The molecule has 0 spiro atoms. The Bertz CT molecular complexity index is 1300. The van der Waals surface area contributed by atoms with Crippen LogP contribution in [0.5, 0.6) is 5.75 Å². The zero-order valence-electron chi connectivity index (χ0n) is 15.1. The van der Waals surface area contributed by atoms with E-state index in [4.69, 9.17) is 4.74 Å². The summed E-state index contributed by atoms with van der Waals surface area (Å²) in [6.07, 6.45) is 5.78. The summed E-state index contributed by atoms with van der Waals surface area (Å²) in [5, 5.41) is 14.1. The Morgan fingerprint density at radius 3 is 2.82 bits per heavy atom. The number of ether oxygens (including phenoxy) is 1. The molecule has 0 fully saturated rings. The van der Waals surface area contributed by atoms with Gasteiger partial charge in [-0.2, -0.15) is 9.61 Å². The number of rotatable bonds is 5. The molecule has 3 aromatic heterocycles. The second kappa shape index (κ2) is 6.90. The predicted octanol–water partition coefficient (Wildman–Crippen LogP) is 3.76. The van der Waals surface area contributed by atoms with Gasteiger partial charge in [-0.1, -0.05) is 41.7 Å². The van der Waals surface area contributed by atoms with E-state index in [1.54, 1.807) is 11.6 Å². The second-order valence-corrected chi connectivity index (χ2v) is 7.17. The second-order valence-electron chi connectivity index (χ2n) is 6.19. The molecule has 0 saturated carbocycles. The van der Waals surface area contributed by atoms with Crippen LogP contribution in [0.1, 0.15) is 16.4 Å². The summed E-state index contributed by atoms with van der Waals surface area (Å²) in [6, 6.07) is 15.9. The zero-order valence-corrected chi connectivity index (χ0v) is 15.9. The molecule has 0 unspecified atom stereocenters. The van der Waals surface area contributed by atoms with Gasteiger partial charge in [-0.15, -0.1) is 10.2 Å². The molecular formula is C20H16N6OS. The lowest BCUT2D eigenvalue weighted by molar-refractivity contribution is 0.414. The summed E-state index contributed by atoms with van der Waals surface area (Å²) in [5.74, 6) is 1.60. The standard InChI is InChI=1S/C20H16N6OS/c1-27-17-9-5-2-6-14(17)10-11-19-24-26-18(22-23-20(26)28-19)12-25-13-21-15-7-3-4-8-16(15)25/h2-11,13H,12H2,1H3/b11-10-. The first-order valence-electron chi connectivity index (χ1n) is 8.74. The molecule has 0 aliphatic heterocycles. The van der Waals surface area contributed by atoms with Gasteiger partial charge in [0.1, 0.15) is 10.8 Å². The number of nitrogens with zero attached hydrogens (tertiary/aromatic N) is 6. The molecule has 28 heavy (non-hydrogen) atoms. The van der Waals surface area contributed by atoms with Crippen LogP contribution in [0, 0.1) is 0 Å². The summed E-state index contributed by atoms with van der Waals surface area (Å²) in [6.45, 7) is 0.557. The molecule has 5 rings (SSSR count). The van der Waals surface area contributed by atoms with E-state index in [-0.39, 0.29) is 0 Å². The van der Waals surface area contributed by atoms with Gasteiger partial charge in [0, 0.05) is 5.56 Å². The van der Waals surface area contributed by atoms with Crippen LogP contribution in [0.25, 0.3) is 28.1 Å². The fourth-order valence-corrected chi connectivity index (χ4v) is 3.85. The lowest BCUT2D eigenvalue weighted by Crippen LogP contribution is -2.04. The Morgan fingerprint density at radius 2 is 1.89 bits per heavy atom. The van der Waals surface area contributed by atoms with Gasteiger partial charge in [-0.3, -0.25) is 0 Å². The summed E-state index contributed by atoms with van der Waals surface area (Å²) >= 11 is 1.49. The minimum atomic E-state index is 0.557. The molecule has 2 aromatic carbocycles. The van der Waals surface area contributed by atoms with Crippen molar-refractivity contribution in [2.24, 2.45) is 0 Å².